The molecule has 0 radical (unpaired) electrons. The van der Waals surface area contributed by atoms with Crippen molar-refractivity contribution in [3.8, 4) is 0 Å². The Balaban J connectivity index is 2.45. The van der Waals surface area contributed by atoms with Gasteiger partial charge >= 0.3 is 0 Å². The molecule has 0 aliphatic heterocycles. The third-order valence-electron chi connectivity index (χ3n) is 4.95. The van der Waals surface area contributed by atoms with Crippen LogP contribution in [0.4, 0.5) is 5.69 Å². The summed E-state index contributed by atoms with van der Waals surface area (Å²) in [6.07, 6.45) is 1.42. The third kappa shape index (κ3) is 6.45. The molecular weight excluding hydrogens is 438 g/mol. The molecule has 0 bridgehead atoms. The number of aryl methyl sites for hydroxylation is 1. The zero-order chi connectivity index (χ0) is 23.2. The lowest BCUT2D eigenvalue weighted by molar-refractivity contribution is -0.140. The first-order valence-corrected chi connectivity index (χ1v) is 12.1. The molecule has 2 aromatic rings. The molecule has 1 atom stereocenters. The average Bonchev–Trinajstić information content (AvgIpc) is 2.73. The number of sulfonamides is 1. The normalized spacial score (nSPS) is 12.2. The average molecular weight is 466 g/mol. The topological polar surface area (TPSA) is 86.8 Å². The van der Waals surface area contributed by atoms with Gasteiger partial charge in [0.05, 0.1) is 11.9 Å². The van der Waals surface area contributed by atoms with E-state index < -0.39 is 28.5 Å². The second-order valence-corrected chi connectivity index (χ2v) is 9.59. The Kier molecular flexibility index (Phi) is 8.47. The summed E-state index contributed by atoms with van der Waals surface area (Å²) in [6.45, 7) is 3.29. The summed E-state index contributed by atoms with van der Waals surface area (Å²) in [4.78, 5) is 27.3. The number of amides is 2. The van der Waals surface area contributed by atoms with Crippen molar-refractivity contribution in [2.75, 3.05) is 24.2 Å². The molecule has 2 amide bonds. The minimum absolute atomic E-state index is 0.178. The Bertz CT molecular complexity index is 1030. The molecule has 0 saturated carbocycles. The maximum Gasteiger partial charge on any atom is 0.244 e. The number of anilines is 1. The monoisotopic (exact) mass is 465 g/mol. The standard InChI is InChI=1S/C22H28ClN3O4S/c1-5-19(22(28)24-3)25(14-17-9-7-6-8-10-17)21(27)15-26(31(4,29)30)20-13-18(23)12-11-16(20)2/h6-13,19H,5,14-15H2,1-4H3,(H,24,28). The van der Waals surface area contributed by atoms with Gasteiger partial charge in [0.1, 0.15) is 12.6 Å². The van der Waals surface area contributed by atoms with Crippen molar-refractivity contribution in [2.24, 2.45) is 0 Å². The number of benzene rings is 2. The first kappa shape index (κ1) is 24.7. The van der Waals surface area contributed by atoms with Gasteiger partial charge in [-0.1, -0.05) is 54.9 Å². The minimum atomic E-state index is -3.79. The van der Waals surface area contributed by atoms with Crippen molar-refractivity contribution in [3.63, 3.8) is 0 Å². The van der Waals surface area contributed by atoms with Gasteiger partial charge in [0, 0.05) is 18.6 Å². The van der Waals surface area contributed by atoms with Crippen LogP contribution in [-0.2, 0) is 26.2 Å². The number of nitrogens with one attached hydrogen (secondary N) is 1. The van der Waals surface area contributed by atoms with Gasteiger partial charge in [0.2, 0.25) is 21.8 Å². The predicted octanol–water partition coefficient (Wildman–Crippen LogP) is 2.97. The second kappa shape index (κ2) is 10.6. The van der Waals surface area contributed by atoms with Crippen LogP contribution in [0.15, 0.2) is 48.5 Å². The van der Waals surface area contributed by atoms with E-state index in [2.05, 4.69) is 5.32 Å². The third-order valence-corrected chi connectivity index (χ3v) is 6.31. The number of hydrogen-bond acceptors (Lipinski definition) is 4. The fraction of sp³-hybridized carbons (Fsp3) is 0.364. The van der Waals surface area contributed by atoms with Crippen LogP contribution in [0, 0.1) is 6.92 Å². The quantitative estimate of drug-likeness (QED) is 0.616. The minimum Gasteiger partial charge on any atom is -0.357 e. The zero-order valence-electron chi connectivity index (χ0n) is 18.1. The van der Waals surface area contributed by atoms with Gasteiger partial charge in [0.15, 0.2) is 0 Å². The van der Waals surface area contributed by atoms with E-state index in [4.69, 9.17) is 11.6 Å². The fourth-order valence-corrected chi connectivity index (χ4v) is 4.38. The van der Waals surface area contributed by atoms with E-state index in [9.17, 15) is 18.0 Å². The highest BCUT2D eigenvalue weighted by atomic mass is 35.5. The number of hydrogen-bond donors (Lipinski definition) is 1. The molecule has 1 N–H and O–H groups in total. The van der Waals surface area contributed by atoms with Crippen LogP contribution >= 0.6 is 11.6 Å². The van der Waals surface area contributed by atoms with Gasteiger partial charge < -0.3 is 10.2 Å². The van der Waals surface area contributed by atoms with E-state index in [1.807, 2.05) is 30.3 Å². The molecule has 7 nitrogen and oxygen atoms in total. The Hall–Kier alpha value is -2.58. The summed E-state index contributed by atoms with van der Waals surface area (Å²) >= 11 is 6.08. The van der Waals surface area contributed by atoms with Gasteiger partial charge in [-0.2, -0.15) is 0 Å². The maximum atomic E-state index is 13.4. The van der Waals surface area contributed by atoms with E-state index in [1.165, 1.54) is 18.0 Å². The van der Waals surface area contributed by atoms with Crippen LogP contribution in [0.1, 0.15) is 24.5 Å². The lowest BCUT2D eigenvalue weighted by atomic mass is 10.1. The molecule has 1 unspecified atom stereocenters. The number of halogens is 1. The molecule has 168 valence electrons. The predicted molar refractivity (Wildman–Crippen MR) is 124 cm³/mol. The van der Waals surface area contributed by atoms with Crippen molar-refractivity contribution in [2.45, 2.75) is 32.9 Å². The molecular formula is C22H28ClN3O4S. The molecule has 0 spiro atoms. The van der Waals surface area contributed by atoms with E-state index in [0.29, 0.717) is 22.7 Å². The van der Waals surface area contributed by atoms with Crippen molar-refractivity contribution in [1.82, 2.24) is 10.2 Å². The summed E-state index contributed by atoms with van der Waals surface area (Å²) in [7, 11) is -2.28. The van der Waals surface area contributed by atoms with Gasteiger partial charge in [-0.25, -0.2) is 8.42 Å². The van der Waals surface area contributed by atoms with Crippen LogP contribution in [0.2, 0.25) is 5.02 Å². The van der Waals surface area contributed by atoms with Gasteiger partial charge in [-0.15, -0.1) is 0 Å². The van der Waals surface area contributed by atoms with Crippen molar-refractivity contribution in [1.29, 1.82) is 0 Å². The summed E-state index contributed by atoms with van der Waals surface area (Å²) < 4.78 is 26.2. The lowest BCUT2D eigenvalue weighted by Gasteiger charge is -2.33. The largest absolute Gasteiger partial charge is 0.357 e. The van der Waals surface area contributed by atoms with Crippen LogP contribution in [-0.4, -0.2) is 51.0 Å². The fourth-order valence-electron chi connectivity index (χ4n) is 3.31. The van der Waals surface area contributed by atoms with Crippen LogP contribution in [0.5, 0.6) is 0 Å². The Morgan fingerprint density at radius 2 is 1.77 bits per heavy atom. The van der Waals surface area contributed by atoms with E-state index >= 15 is 0 Å². The molecule has 31 heavy (non-hydrogen) atoms. The first-order chi connectivity index (χ1) is 14.6. The van der Waals surface area contributed by atoms with Crippen molar-refractivity contribution in [3.05, 3.63) is 64.7 Å². The molecule has 0 saturated heterocycles. The van der Waals surface area contributed by atoms with E-state index in [0.717, 1.165) is 16.1 Å². The zero-order valence-corrected chi connectivity index (χ0v) is 19.7. The number of carbonyl (C=O) groups excluding carboxylic acids is 2. The Labute approximate surface area is 189 Å². The first-order valence-electron chi connectivity index (χ1n) is 9.87. The SMILES string of the molecule is CCC(C(=O)NC)N(Cc1ccccc1)C(=O)CN(c1cc(Cl)ccc1C)S(C)(=O)=O. The summed E-state index contributed by atoms with van der Waals surface area (Å²) in [5, 5.41) is 2.95. The molecule has 0 aliphatic rings. The maximum absolute atomic E-state index is 13.4. The number of rotatable bonds is 9. The summed E-state index contributed by atoms with van der Waals surface area (Å²) in [5.41, 5.74) is 1.83. The lowest BCUT2D eigenvalue weighted by Crippen LogP contribution is -2.51. The van der Waals surface area contributed by atoms with Gasteiger partial charge in [-0.3, -0.25) is 13.9 Å². The summed E-state index contributed by atoms with van der Waals surface area (Å²) in [5.74, 6) is -0.791. The highest BCUT2D eigenvalue weighted by Gasteiger charge is 2.31. The molecule has 0 aromatic heterocycles. The Morgan fingerprint density at radius 3 is 2.32 bits per heavy atom. The van der Waals surface area contributed by atoms with E-state index in [-0.39, 0.29) is 12.5 Å². The number of carbonyl (C=O) groups is 2. The van der Waals surface area contributed by atoms with Crippen LogP contribution in [0.3, 0.4) is 0 Å². The van der Waals surface area contributed by atoms with Gasteiger partial charge in [0.25, 0.3) is 0 Å². The summed E-state index contributed by atoms with van der Waals surface area (Å²) in [6, 6.07) is 13.4. The highest BCUT2D eigenvalue weighted by molar-refractivity contribution is 7.92. The van der Waals surface area contributed by atoms with Crippen molar-refractivity contribution >= 4 is 39.1 Å². The molecule has 9 heteroatoms. The molecule has 0 aliphatic carbocycles. The van der Waals surface area contributed by atoms with Crippen LogP contribution in [0.25, 0.3) is 0 Å². The molecule has 0 heterocycles. The second-order valence-electron chi connectivity index (χ2n) is 7.25. The number of nitrogens with zero attached hydrogens (tertiary/aromatic N) is 2. The molecule has 0 fully saturated rings. The Morgan fingerprint density at radius 1 is 1.13 bits per heavy atom. The van der Waals surface area contributed by atoms with Gasteiger partial charge in [-0.05, 0) is 36.6 Å². The van der Waals surface area contributed by atoms with Crippen LogP contribution < -0.4 is 9.62 Å². The van der Waals surface area contributed by atoms with Crippen molar-refractivity contribution < 1.29 is 18.0 Å². The molecule has 2 aromatic carbocycles. The number of likely N-dealkylation sites (N-methyl/N-ethyl adjacent to an activating group) is 1. The molecule has 2 rings (SSSR count). The highest BCUT2D eigenvalue weighted by Crippen LogP contribution is 2.27. The van der Waals surface area contributed by atoms with E-state index in [1.54, 1.807) is 26.0 Å². The smallest absolute Gasteiger partial charge is 0.244 e.